The smallest absolute Gasteiger partial charge is 0.350 e. The molecule has 1 N–H and O–H groups in total. The lowest BCUT2D eigenvalue weighted by molar-refractivity contribution is -0.137. The van der Waals surface area contributed by atoms with Crippen LogP contribution in [0.3, 0.4) is 0 Å². The van der Waals surface area contributed by atoms with Gasteiger partial charge in [-0.25, -0.2) is 4.39 Å². The van der Waals surface area contributed by atoms with Crippen LogP contribution in [-0.2, 0) is 12.7 Å². The van der Waals surface area contributed by atoms with Crippen LogP contribution in [0, 0.1) is 11.7 Å². The average Bonchev–Trinajstić information content (AvgIpc) is 2.69. The number of aromatic nitrogens is 1. The molecule has 0 saturated heterocycles. The van der Waals surface area contributed by atoms with E-state index < -0.39 is 41.3 Å². The van der Waals surface area contributed by atoms with Gasteiger partial charge in [0.1, 0.15) is 16.9 Å². The third-order valence-electron chi connectivity index (χ3n) is 4.84. The van der Waals surface area contributed by atoms with Gasteiger partial charge >= 0.3 is 6.18 Å². The zero-order chi connectivity index (χ0) is 25.1. The van der Waals surface area contributed by atoms with Gasteiger partial charge in [-0.3, -0.25) is 14.4 Å². The summed E-state index contributed by atoms with van der Waals surface area (Å²) in [4.78, 5) is 39.9. The van der Waals surface area contributed by atoms with Crippen molar-refractivity contribution >= 4 is 11.8 Å². The Hall–Kier alpha value is -3.17. The third-order valence-corrected chi connectivity index (χ3v) is 4.84. The quantitative estimate of drug-likeness (QED) is 0.617. The monoisotopic (exact) mass is 469 g/mol. The predicted molar refractivity (Wildman–Crippen MR) is 115 cm³/mol. The lowest BCUT2D eigenvalue weighted by Gasteiger charge is -2.21. The van der Waals surface area contributed by atoms with Gasteiger partial charge in [-0.15, -0.1) is 0 Å². The van der Waals surface area contributed by atoms with Crippen molar-refractivity contribution in [3.63, 3.8) is 0 Å². The fourth-order valence-corrected chi connectivity index (χ4v) is 3.24. The van der Waals surface area contributed by atoms with Crippen LogP contribution in [0.4, 0.5) is 17.6 Å². The first kappa shape index (κ1) is 26.1. The fourth-order valence-electron chi connectivity index (χ4n) is 3.24. The van der Waals surface area contributed by atoms with Crippen LogP contribution >= 0.6 is 0 Å². The molecule has 0 bridgehead atoms. The van der Waals surface area contributed by atoms with Gasteiger partial charge in [0.15, 0.2) is 0 Å². The average molecular weight is 469 g/mol. The molecule has 0 aliphatic carbocycles. The van der Waals surface area contributed by atoms with Gasteiger partial charge in [-0.1, -0.05) is 13.8 Å². The Bertz CT molecular complexity index is 1090. The number of hydrogen-bond donors (Lipinski definition) is 1. The van der Waals surface area contributed by atoms with E-state index in [0.29, 0.717) is 12.6 Å². The van der Waals surface area contributed by atoms with Crippen molar-refractivity contribution in [3.05, 3.63) is 68.9 Å². The molecule has 2 aromatic rings. The molecule has 0 fully saturated rings. The number of carbonyl (C=O) groups is 2. The van der Waals surface area contributed by atoms with E-state index >= 15 is 0 Å². The normalized spacial score (nSPS) is 11.7. The maximum Gasteiger partial charge on any atom is 0.416 e. The molecule has 1 aromatic heterocycles. The Balaban J connectivity index is 2.37. The molecule has 2 rings (SSSR count). The number of rotatable bonds is 7. The summed E-state index contributed by atoms with van der Waals surface area (Å²) in [5.74, 6) is -2.37. The lowest BCUT2D eigenvalue weighted by atomic mass is 10.1. The molecule has 1 heterocycles. The van der Waals surface area contributed by atoms with Gasteiger partial charge in [0.05, 0.1) is 5.56 Å². The van der Waals surface area contributed by atoms with E-state index in [-0.39, 0.29) is 28.7 Å². The molecular weight excluding hydrogens is 442 g/mol. The summed E-state index contributed by atoms with van der Waals surface area (Å²) >= 11 is 0. The number of carbonyl (C=O) groups excluding carboxylic acids is 2. The second-order valence-corrected chi connectivity index (χ2v) is 8.56. The summed E-state index contributed by atoms with van der Waals surface area (Å²) in [6.07, 6.45) is -2.08. The molecule has 0 spiro atoms. The lowest BCUT2D eigenvalue weighted by Crippen LogP contribution is -2.37. The summed E-state index contributed by atoms with van der Waals surface area (Å²) < 4.78 is 53.9. The largest absolute Gasteiger partial charge is 0.416 e. The number of pyridine rings is 1. The molecule has 10 heteroatoms. The minimum absolute atomic E-state index is 0.122. The number of amides is 2. The van der Waals surface area contributed by atoms with Crippen molar-refractivity contribution in [1.82, 2.24) is 14.8 Å². The van der Waals surface area contributed by atoms with Crippen molar-refractivity contribution in [2.75, 3.05) is 13.6 Å². The highest BCUT2D eigenvalue weighted by Gasteiger charge is 2.31. The number of halogens is 4. The molecule has 33 heavy (non-hydrogen) atoms. The van der Waals surface area contributed by atoms with E-state index in [2.05, 4.69) is 5.32 Å². The van der Waals surface area contributed by atoms with E-state index in [4.69, 9.17) is 0 Å². The minimum Gasteiger partial charge on any atom is -0.350 e. The molecule has 0 radical (unpaired) electrons. The van der Waals surface area contributed by atoms with Gasteiger partial charge < -0.3 is 14.8 Å². The summed E-state index contributed by atoms with van der Waals surface area (Å²) in [6, 6.07) is 1.76. The number of nitrogens with one attached hydrogen (secondary N) is 1. The Morgan fingerprint density at radius 1 is 1.06 bits per heavy atom. The molecule has 2 amide bonds. The summed E-state index contributed by atoms with van der Waals surface area (Å²) in [7, 11) is 1.55. The molecule has 1 aromatic carbocycles. The van der Waals surface area contributed by atoms with E-state index in [0.717, 1.165) is 12.1 Å². The van der Waals surface area contributed by atoms with Crippen LogP contribution in [0.1, 0.15) is 65.6 Å². The van der Waals surface area contributed by atoms with Gasteiger partial charge in [-0.05, 0) is 43.5 Å². The highest BCUT2D eigenvalue weighted by Crippen LogP contribution is 2.30. The van der Waals surface area contributed by atoms with Crippen LogP contribution in [0.5, 0.6) is 0 Å². The molecule has 180 valence electrons. The maximum absolute atomic E-state index is 13.6. The van der Waals surface area contributed by atoms with Gasteiger partial charge in [0.25, 0.3) is 11.8 Å². The SMILES string of the molecule is CC(C)CN(C)C(=O)c1cn(C(C)C)cc(C(=O)NCc2cc(F)cc(C(F)(F)F)c2)c1=O. The number of benzene rings is 1. The van der Waals surface area contributed by atoms with E-state index in [9.17, 15) is 31.9 Å². The van der Waals surface area contributed by atoms with Crippen molar-refractivity contribution in [2.45, 2.75) is 46.5 Å². The fraction of sp³-hybridized carbons (Fsp3) is 0.435. The standard InChI is InChI=1S/C23H27F4N3O3/c1-13(2)10-29(5)22(33)19-12-30(14(3)4)11-18(20(19)31)21(32)28-9-15-6-16(23(25,26)27)8-17(24)7-15/h6-8,11-14H,9-10H2,1-5H3,(H,28,32). The van der Waals surface area contributed by atoms with Crippen LogP contribution in [0.2, 0.25) is 0 Å². The number of nitrogens with zero attached hydrogens (tertiary/aromatic N) is 2. The van der Waals surface area contributed by atoms with Crippen molar-refractivity contribution < 1.29 is 27.2 Å². The Morgan fingerprint density at radius 2 is 1.67 bits per heavy atom. The van der Waals surface area contributed by atoms with Crippen molar-refractivity contribution in [2.24, 2.45) is 5.92 Å². The van der Waals surface area contributed by atoms with Crippen LogP contribution < -0.4 is 10.7 Å². The zero-order valence-corrected chi connectivity index (χ0v) is 19.1. The van der Waals surface area contributed by atoms with Crippen LogP contribution in [-0.4, -0.2) is 34.9 Å². The number of alkyl halides is 3. The first-order valence-corrected chi connectivity index (χ1v) is 10.4. The Kier molecular flexibility index (Phi) is 8.05. The second-order valence-electron chi connectivity index (χ2n) is 8.56. The summed E-state index contributed by atoms with van der Waals surface area (Å²) in [5.41, 5.74) is -2.62. The molecule has 0 aliphatic rings. The first-order chi connectivity index (χ1) is 15.2. The third kappa shape index (κ3) is 6.66. The van der Waals surface area contributed by atoms with Crippen LogP contribution in [0.25, 0.3) is 0 Å². The van der Waals surface area contributed by atoms with Crippen molar-refractivity contribution in [1.29, 1.82) is 0 Å². The van der Waals surface area contributed by atoms with Crippen LogP contribution in [0.15, 0.2) is 35.4 Å². The molecule has 6 nitrogen and oxygen atoms in total. The highest BCUT2D eigenvalue weighted by atomic mass is 19.4. The highest BCUT2D eigenvalue weighted by molar-refractivity contribution is 5.99. The molecule has 0 atom stereocenters. The molecule has 0 unspecified atom stereocenters. The first-order valence-electron chi connectivity index (χ1n) is 10.4. The van der Waals surface area contributed by atoms with Crippen molar-refractivity contribution in [3.8, 4) is 0 Å². The van der Waals surface area contributed by atoms with E-state index in [1.165, 1.54) is 21.9 Å². The predicted octanol–water partition coefficient (Wildman–Crippen LogP) is 4.25. The molecular formula is C23H27F4N3O3. The molecule has 0 aliphatic heterocycles. The van der Waals surface area contributed by atoms with Gasteiger partial charge in [0.2, 0.25) is 5.43 Å². The summed E-state index contributed by atoms with van der Waals surface area (Å²) in [6.45, 7) is 7.38. The van der Waals surface area contributed by atoms with E-state index in [1.807, 2.05) is 13.8 Å². The van der Waals surface area contributed by atoms with Gasteiger partial charge in [0, 0.05) is 38.6 Å². The Labute approximate surface area is 189 Å². The number of hydrogen-bond acceptors (Lipinski definition) is 3. The topological polar surface area (TPSA) is 71.4 Å². The zero-order valence-electron chi connectivity index (χ0n) is 19.1. The van der Waals surface area contributed by atoms with Gasteiger partial charge in [-0.2, -0.15) is 13.2 Å². The van der Waals surface area contributed by atoms with E-state index in [1.54, 1.807) is 20.9 Å². The summed E-state index contributed by atoms with van der Waals surface area (Å²) in [5, 5.41) is 2.34. The maximum atomic E-state index is 13.6. The minimum atomic E-state index is -4.75. The molecule has 0 saturated carbocycles. The Morgan fingerprint density at radius 3 is 2.21 bits per heavy atom. The second kappa shape index (κ2) is 10.2.